The number of aromatic nitrogens is 1. The van der Waals surface area contributed by atoms with Crippen LogP contribution in [0.25, 0.3) is 0 Å². The van der Waals surface area contributed by atoms with Gasteiger partial charge in [0.25, 0.3) is 0 Å². The maximum atomic E-state index is 10.3. The lowest BCUT2D eigenvalue weighted by Gasteiger charge is -2.18. The Morgan fingerprint density at radius 2 is 2.08 bits per heavy atom. The van der Waals surface area contributed by atoms with E-state index in [9.17, 15) is 4.79 Å². The Morgan fingerprint density at radius 3 is 2.79 bits per heavy atom. The molecule has 0 saturated carbocycles. The van der Waals surface area contributed by atoms with Crippen LogP contribution in [0.5, 0.6) is 0 Å². The van der Waals surface area contributed by atoms with Gasteiger partial charge in [-0.05, 0) is 62.0 Å². The van der Waals surface area contributed by atoms with E-state index in [1.165, 1.54) is 36.1 Å². The first-order valence-electron chi connectivity index (χ1n) is 8.67. The highest BCUT2D eigenvalue weighted by Gasteiger charge is 2.22. The Kier molecular flexibility index (Phi) is 5.59. The van der Waals surface area contributed by atoms with Gasteiger partial charge in [0.05, 0.1) is 6.04 Å². The van der Waals surface area contributed by atoms with E-state index in [1.54, 1.807) is 0 Å². The summed E-state index contributed by atoms with van der Waals surface area (Å²) in [5.41, 5.74) is 4.01. The van der Waals surface area contributed by atoms with Gasteiger partial charge in [-0.3, -0.25) is 14.7 Å². The van der Waals surface area contributed by atoms with E-state index < -0.39 is 0 Å². The fraction of sp³-hybridized carbons (Fsp3) is 0.400. The standard InChI is InChI=1S/C10H14N2.C10H11NO/c1-12-7-3-5-10(12)9-4-2-6-11-8-9;12-7-11-10-6-5-8-3-1-2-4-9(8)10/h2,4,6,8,10H,3,5,7H2,1H3;1-4,7,10H,5-6H2,(H,11,12). The van der Waals surface area contributed by atoms with Gasteiger partial charge in [0.15, 0.2) is 0 Å². The largest absolute Gasteiger partial charge is 0.352 e. The number of aryl methyl sites for hydroxylation is 1. The molecule has 2 aromatic rings. The first kappa shape index (κ1) is 16.7. The number of amides is 1. The van der Waals surface area contributed by atoms with Gasteiger partial charge in [-0.15, -0.1) is 0 Å². The third kappa shape index (κ3) is 3.82. The maximum absolute atomic E-state index is 10.3. The monoisotopic (exact) mass is 323 g/mol. The van der Waals surface area contributed by atoms with E-state index in [1.807, 2.05) is 30.6 Å². The Balaban J connectivity index is 0.000000141. The smallest absolute Gasteiger partial charge is 0.207 e. The lowest BCUT2D eigenvalue weighted by Crippen LogP contribution is -2.17. The summed E-state index contributed by atoms with van der Waals surface area (Å²) in [7, 11) is 2.19. The quantitative estimate of drug-likeness (QED) is 0.882. The highest BCUT2D eigenvalue weighted by Crippen LogP contribution is 2.30. The molecule has 4 rings (SSSR count). The van der Waals surface area contributed by atoms with E-state index in [4.69, 9.17) is 0 Å². The lowest BCUT2D eigenvalue weighted by atomic mass is 10.1. The Bertz CT molecular complexity index is 659. The number of pyridine rings is 1. The first-order chi connectivity index (χ1) is 11.8. The Hall–Kier alpha value is -2.20. The fourth-order valence-corrected chi connectivity index (χ4v) is 3.72. The number of fused-ring (bicyclic) bond motifs is 1. The van der Waals surface area contributed by atoms with Gasteiger partial charge in [0.2, 0.25) is 6.41 Å². The molecular weight excluding hydrogens is 298 g/mol. The predicted octanol–water partition coefficient (Wildman–Crippen LogP) is 3.27. The number of nitrogens with one attached hydrogen (secondary N) is 1. The van der Waals surface area contributed by atoms with Crippen molar-refractivity contribution in [1.82, 2.24) is 15.2 Å². The zero-order chi connectivity index (χ0) is 16.8. The Labute approximate surface area is 143 Å². The number of benzene rings is 1. The second-order valence-electron chi connectivity index (χ2n) is 6.50. The van der Waals surface area contributed by atoms with Crippen molar-refractivity contribution in [2.24, 2.45) is 0 Å². The minimum Gasteiger partial charge on any atom is -0.352 e. The summed E-state index contributed by atoms with van der Waals surface area (Å²) in [6, 6.07) is 13.3. The van der Waals surface area contributed by atoms with Gasteiger partial charge in [0, 0.05) is 18.4 Å². The van der Waals surface area contributed by atoms with E-state index in [-0.39, 0.29) is 6.04 Å². The average molecular weight is 323 g/mol. The minimum absolute atomic E-state index is 0.249. The van der Waals surface area contributed by atoms with Gasteiger partial charge < -0.3 is 5.32 Å². The number of carbonyl (C=O) groups is 1. The number of hydrogen-bond donors (Lipinski definition) is 1. The van der Waals surface area contributed by atoms with Crippen molar-refractivity contribution in [3.05, 3.63) is 65.5 Å². The number of nitrogens with zero attached hydrogens (tertiary/aromatic N) is 2. The number of hydrogen-bond acceptors (Lipinski definition) is 3. The molecule has 4 heteroatoms. The van der Waals surface area contributed by atoms with Crippen LogP contribution < -0.4 is 5.32 Å². The van der Waals surface area contributed by atoms with Crippen molar-refractivity contribution in [2.75, 3.05) is 13.6 Å². The molecule has 2 aliphatic rings. The second kappa shape index (κ2) is 8.06. The van der Waals surface area contributed by atoms with Gasteiger partial charge in [-0.1, -0.05) is 30.3 Å². The molecule has 1 aromatic carbocycles. The molecule has 1 fully saturated rings. The van der Waals surface area contributed by atoms with Crippen molar-refractivity contribution in [3.63, 3.8) is 0 Å². The van der Waals surface area contributed by atoms with Crippen LogP contribution in [0.15, 0.2) is 48.8 Å². The first-order valence-corrected chi connectivity index (χ1v) is 8.67. The number of rotatable bonds is 3. The molecule has 0 bridgehead atoms. The third-order valence-corrected chi connectivity index (χ3v) is 4.99. The maximum Gasteiger partial charge on any atom is 0.207 e. The molecule has 4 nitrogen and oxygen atoms in total. The zero-order valence-corrected chi connectivity index (χ0v) is 14.2. The normalized spacial score (nSPS) is 22.4. The van der Waals surface area contributed by atoms with Gasteiger partial charge in [-0.25, -0.2) is 0 Å². The van der Waals surface area contributed by atoms with Crippen LogP contribution in [0.4, 0.5) is 0 Å². The van der Waals surface area contributed by atoms with Gasteiger partial charge in [-0.2, -0.15) is 0 Å². The summed E-state index contributed by atoms with van der Waals surface area (Å²) in [5, 5.41) is 2.82. The highest BCUT2D eigenvalue weighted by atomic mass is 16.1. The van der Waals surface area contributed by atoms with Crippen LogP contribution in [0.2, 0.25) is 0 Å². The van der Waals surface area contributed by atoms with Crippen LogP contribution in [-0.2, 0) is 11.2 Å². The molecule has 2 heterocycles. The molecule has 1 N–H and O–H groups in total. The summed E-state index contributed by atoms with van der Waals surface area (Å²) >= 11 is 0. The van der Waals surface area contributed by atoms with Crippen LogP contribution in [0.3, 0.4) is 0 Å². The Morgan fingerprint density at radius 1 is 1.21 bits per heavy atom. The van der Waals surface area contributed by atoms with Crippen molar-refractivity contribution in [2.45, 2.75) is 37.8 Å². The molecule has 2 unspecified atom stereocenters. The summed E-state index contributed by atoms with van der Waals surface area (Å²) in [6.45, 7) is 1.22. The number of likely N-dealkylation sites (tertiary alicyclic amines) is 1. The van der Waals surface area contributed by atoms with Crippen molar-refractivity contribution in [1.29, 1.82) is 0 Å². The molecule has 126 valence electrons. The molecular formula is C20H25N3O. The molecule has 0 radical (unpaired) electrons. The van der Waals surface area contributed by atoms with E-state index in [0.717, 1.165) is 19.3 Å². The summed E-state index contributed by atoms with van der Waals surface area (Å²) < 4.78 is 0. The minimum atomic E-state index is 0.249. The number of carbonyl (C=O) groups excluding carboxylic acids is 1. The molecule has 1 aliphatic heterocycles. The third-order valence-electron chi connectivity index (χ3n) is 4.99. The van der Waals surface area contributed by atoms with E-state index >= 15 is 0 Å². The SMILES string of the molecule is CN1CCCC1c1cccnc1.O=CNC1CCc2ccccc21. The molecule has 2 atom stereocenters. The van der Waals surface area contributed by atoms with Gasteiger partial charge in [0.1, 0.15) is 0 Å². The fourth-order valence-electron chi connectivity index (χ4n) is 3.72. The summed E-state index contributed by atoms with van der Waals surface area (Å²) in [6.07, 6.45) is 9.32. The van der Waals surface area contributed by atoms with Crippen LogP contribution in [0.1, 0.15) is 48.0 Å². The second-order valence-corrected chi connectivity index (χ2v) is 6.50. The van der Waals surface area contributed by atoms with Crippen molar-refractivity contribution < 1.29 is 4.79 Å². The van der Waals surface area contributed by atoms with Crippen LogP contribution >= 0.6 is 0 Å². The molecule has 1 saturated heterocycles. The molecule has 0 spiro atoms. The van der Waals surface area contributed by atoms with E-state index in [0.29, 0.717) is 6.04 Å². The van der Waals surface area contributed by atoms with Crippen LogP contribution in [0, 0.1) is 0 Å². The average Bonchev–Trinajstić information content (AvgIpc) is 3.23. The predicted molar refractivity (Wildman–Crippen MR) is 95.5 cm³/mol. The lowest BCUT2D eigenvalue weighted by molar-refractivity contribution is -0.110. The van der Waals surface area contributed by atoms with Gasteiger partial charge >= 0.3 is 0 Å². The molecule has 1 aromatic heterocycles. The van der Waals surface area contributed by atoms with Crippen molar-refractivity contribution in [3.8, 4) is 0 Å². The molecule has 1 amide bonds. The van der Waals surface area contributed by atoms with E-state index in [2.05, 4.69) is 40.4 Å². The highest BCUT2D eigenvalue weighted by molar-refractivity contribution is 5.49. The molecule has 1 aliphatic carbocycles. The van der Waals surface area contributed by atoms with Crippen molar-refractivity contribution >= 4 is 6.41 Å². The summed E-state index contributed by atoms with van der Waals surface area (Å²) in [5.74, 6) is 0. The summed E-state index contributed by atoms with van der Waals surface area (Å²) in [4.78, 5) is 16.8. The topological polar surface area (TPSA) is 45.2 Å². The zero-order valence-electron chi connectivity index (χ0n) is 14.2. The van der Waals surface area contributed by atoms with Crippen LogP contribution in [-0.4, -0.2) is 29.9 Å². The molecule has 24 heavy (non-hydrogen) atoms.